The van der Waals surface area contributed by atoms with Crippen molar-refractivity contribution in [3.8, 4) is 28.4 Å². The second-order valence-electron chi connectivity index (χ2n) is 13.0. The van der Waals surface area contributed by atoms with Gasteiger partial charge in [0.25, 0.3) is 0 Å². The first kappa shape index (κ1) is 35.3. The van der Waals surface area contributed by atoms with Crippen LogP contribution in [0.3, 0.4) is 0 Å². The molecule has 49 heavy (non-hydrogen) atoms. The number of ether oxygens (including phenoxy) is 3. The summed E-state index contributed by atoms with van der Waals surface area (Å²) in [5.41, 5.74) is 4.87. The number of carbonyl (C=O) groups excluding carboxylic acids is 3. The molecule has 1 aliphatic carbocycles. The number of rotatable bonds is 10. The normalized spacial score (nSPS) is 17.0. The molecule has 0 saturated carbocycles. The van der Waals surface area contributed by atoms with E-state index in [9.17, 15) is 19.2 Å². The summed E-state index contributed by atoms with van der Waals surface area (Å²) in [7, 11) is 6.22. The van der Waals surface area contributed by atoms with Crippen molar-refractivity contribution in [3.63, 3.8) is 0 Å². The van der Waals surface area contributed by atoms with Gasteiger partial charge in [0.15, 0.2) is 11.5 Å². The molecule has 11 heteroatoms. The number of aryl methyl sites for hydroxylation is 1. The Labute approximate surface area is 287 Å². The average Bonchev–Trinajstić information content (AvgIpc) is 3.33. The smallest absolute Gasteiger partial charge is 0.246 e. The molecule has 11 nitrogen and oxygen atoms in total. The number of hydrogen-bond acceptors (Lipinski definition) is 8. The van der Waals surface area contributed by atoms with Crippen molar-refractivity contribution in [1.82, 2.24) is 15.5 Å². The molecule has 0 aromatic heterocycles. The topological polar surface area (TPSA) is 135 Å². The summed E-state index contributed by atoms with van der Waals surface area (Å²) in [4.78, 5) is 55.6. The lowest BCUT2D eigenvalue weighted by Crippen LogP contribution is -2.55. The van der Waals surface area contributed by atoms with Gasteiger partial charge in [0, 0.05) is 32.5 Å². The zero-order valence-electron chi connectivity index (χ0n) is 29.3. The third kappa shape index (κ3) is 7.21. The predicted molar refractivity (Wildman–Crippen MR) is 188 cm³/mol. The van der Waals surface area contributed by atoms with Crippen LogP contribution in [0.2, 0.25) is 0 Å². The second-order valence-corrected chi connectivity index (χ2v) is 13.0. The van der Waals surface area contributed by atoms with Crippen molar-refractivity contribution in [2.75, 3.05) is 33.7 Å². The maximum atomic E-state index is 14.4. The van der Waals surface area contributed by atoms with Crippen LogP contribution in [0.4, 0.5) is 5.69 Å². The molecule has 5 rings (SSSR count). The molecule has 0 saturated heterocycles. The van der Waals surface area contributed by atoms with E-state index in [1.54, 1.807) is 32.2 Å². The molecule has 0 bridgehead atoms. The van der Waals surface area contributed by atoms with Crippen molar-refractivity contribution >= 4 is 23.4 Å². The summed E-state index contributed by atoms with van der Waals surface area (Å²) in [6.07, 6.45) is 1.93. The number of fused-ring (bicyclic) bond motifs is 4. The number of nitrogens with one attached hydrogen (secondary N) is 3. The van der Waals surface area contributed by atoms with Gasteiger partial charge in [-0.05, 0) is 71.2 Å². The lowest BCUT2D eigenvalue weighted by atomic mass is 9.92. The molecule has 1 heterocycles. The van der Waals surface area contributed by atoms with E-state index in [2.05, 4.69) is 16.0 Å². The summed E-state index contributed by atoms with van der Waals surface area (Å²) in [5, 5.41) is 9.03. The van der Waals surface area contributed by atoms with Gasteiger partial charge in [0.2, 0.25) is 28.9 Å². The summed E-state index contributed by atoms with van der Waals surface area (Å²) in [6.45, 7) is 5.76. The van der Waals surface area contributed by atoms with E-state index in [0.717, 1.165) is 22.3 Å². The first-order valence-electron chi connectivity index (χ1n) is 16.6. The van der Waals surface area contributed by atoms with Gasteiger partial charge < -0.3 is 35.1 Å². The molecule has 0 spiro atoms. The van der Waals surface area contributed by atoms with Gasteiger partial charge in [-0.2, -0.15) is 0 Å². The molecule has 260 valence electrons. The molecule has 3 atom stereocenters. The maximum Gasteiger partial charge on any atom is 0.246 e. The number of methoxy groups -OCH3 is 3. The number of likely N-dealkylation sites (N-methyl/N-ethyl adjacent to an activating group) is 1. The average molecular weight is 671 g/mol. The van der Waals surface area contributed by atoms with E-state index in [-0.39, 0.29) is 41.3 Å². The van der Waals surface area contributed by atoms with Gasteiger partial charge >= 0.3 is 0 Å². The third-order valence-corrected chi connectivity index (χ3v) is 9.33. The van der Waals surface area contributed by atoms with E-state index >= 15 is 0 Å². The van der Waals surface area contributed by atoms with Crippen LogP contribution in [-0.2, 0) is 33.8 Å². The zero-order chi connectivity index (χ0) is 35.4. The number of amides is 3. The van der Waals surface area contributed by atoms with Crippen LogP contribution in [0.1, 0.15) is 61.9 Å². The minimum atomic E-state index is -0.787. The summed E-state index contributed by atoms with van der Waals surface area (Å²) < 4.78 is 17.2. The Kier molecular flexibility index (Phi) is 10.8. The third-order valence-electron chi connectivity index (χ3n) is 9.33. The number of benzene rings is 2. The van der Waals surface area contributed by atoms with Crippen molar-refractivity contribution < 1.29 is 28.6 Å². The van der Waals surface area contributed by atoms with Gasteiger partial charge in [-0.25, -0.2) is 0 Å². The minimum absolute atomic E-state index is 0.101. The van der Waals surface area contributed by atoms with E-state index < -0.39 is 18.1 Å². The highest BCUT2D eigenvalue weighted by molar-refractivity contribution is 5.92. The summed E-state index contributed by atoms with van der Waals surface area (Å²) in [5.74, 6) is 0.750. The highest BCUT2D eigenvalue weighted by atomic mass is 16.5. The van der Waals surface area contributed by atoms with E-state index in [0.29, 0.717) is 54.1 Å². The molecule has 2 aliphatic rings. The van der Waals surface area contributed by atoms with Gasteiger partial charge in [-0.3, -0.25) is 19.2 Å². The van der Waals surface area contributed by atoms with E-state index in [1.165, 1.54) is 20.1 Å². The second kappa shape index (κ2) is 15.0. The van der Waals surface area contributed by atoms with Crippen molar-refractivity contribution in [2.45, 2.75) is 71.1 Å². The quantitative estimate of drug-likeness (QED) is 0.289. The zero-order valence-corrected chi connectivity index (χ0v) is 29.3. The summed E-state index contributed by atoms with van der Waals surface area (Å²) in [6, 6.07) is 12.8. The molecular formula is C38H46N4O7. The Balaban J connectivity index is 1.62. The van der Waals surface area contributed by atoms with E-state index in [1.807, 2.05) is 50.2 Å². The fourth-order valence-electron chi connectivity index (χ4n) is 7.06. The first-order valence-corrected chi connectivity index (χ1v) is 16.6. The van der Waals surface area contributed by atoms with Crippen molar-refractivity contribution in [1.29, 1.82) is 0 Å². The van der Waals surface area contributed by atoms with Crippen LogP contribution in [-0.4, -0.2) is 63.1 Å². The van der Waals surface area contributed by atoms with Crippen LogP contribution in [0, 0.1) is 5.92 Å². The molecule has 3 amide bonds. The van der Waals surface area contributed by atoms with Crippen LogP contribution >= 0.6 is 0 Å². The van der Waals surface area contributed by atoms with Gasteiger partial charge in [-0.15, -0.1) is 0 Å². The molecule has 0 radical (unpaired) electrons. The number of hydrogen-bond donors (Lipinski definition) is 3. The molecule has 3 aromatic rings. The van der Waals surface area contributed by atoms with Gasteiger partial charge in [0.05, 0.1) is 33.1 Å². The molecular weight excluding hydrogens is 624 g/mol. The molecule has 3 N–H and O–H groups in total. The Morgan fingerprint density at radius 2 is 1.65 bits per heavy atom. The largest absolute Gasteiger partial charge is 0.493 e. The van der Waals surface area contributed by atoms with Crippen LogP contribution in [0.25, 0.3) is 11.1 Å². The first-order chi connectivity index (χ1) is 23.5. The predicted octanol–water partition coefficient (Wildman–Crippen LogP) is 4.39. The molecule has 1 aliphatic heterocycles. The highest BCUT2D eigenvalue weighted by Crippen LogP contribution is 2.50. The minimum Gasteiger partial charge on any atom is -0.493 e. The fourth-order valence-corrected chi connectivity index (χ4v) is 7.06. The number of carbonyl (C=O) groups is 3. The standard InChI is InChI=1S/C38H46N4O7/c1-21(2)16-30(38(46)42-20-25-11-9-8-10-23(25)17-31(42)37(45)39-4)41-29-15-13-26-27(19-32(29)44)28(40-22(3)43)14-12-24-18-33(47-5)35(48-6)36(49-7)34(24)26/h8-11,13,15,18-19,21,28,30-31H,12,14,16-17,20H2,1-7H3,(H,39,45)(H,40,43)(H,41,44)/t28-,30-,31-/m1/s1. The van der Waals surface area contributed by atoms with Crippen LogP contribution < -0.4 is 35.6 Å². The van der Waals surface area contributed by atoms with Crippen LogP contribution in [0.15, 0.2) is 53.3 Å². The highest BCUT2D eigenvalue weighted by Gasteiger charge is 2.38. The monoisotopic (exact) mass is 670 g/mol. The Morgan fingerprint density at radius 3 is 2.29 bits per heavy atom. The molecule has 0 unspecified atom stereocenters. The SMILES string of the molecule is CNC(=O)[C@H]1Cc2ccccc2CN1C(=O)[C@@H](CC(C)C)Nc1ccc2c(cc1=O)[C@H](NC(C)=O)CCc1cc(OC)c(OC)c(OC)c1-2. The van der Waals surface area contributed by atoms with Crippen molar-refractivity contribution in [3.05, 3.63) is 81.0 Å². The van der Waals surface area contributed by atoms with Gasteiger partial charge in [-0.1, -0.05) is 44.2 Å². The van der Waals surface area contributed by atoms with Gasteiger partial charge in [0.1, 0.15) is 12.1 Å². The Hall–Kier alpha value is -5.06. The van der Waals surface area contributed by atoms with Crippen LogP contribution in [0.5, 0.6) is 17.2 Å². The lowest BCUT2D eigenvalue weighted by molar-refractivity contribution is -0.142. The lowest BCUT2D eigenvalue weighted by Gasteiger charge is -2.38. The van der Waals surface area contributed by atoms with Crippen molar-refractivity contribution in [2.24, 2.45) is 5.92 Å². The molecule has 0 fully saturated rings. The van der Waals surface area contributed by atoms with E-state index in [4.69, 9.17) is 14.2 Å². The fraction of sp³-hybridized carbons (Fsp3) is 0.421. The molecule has 3 aromatic carbocycles. The maximum absolute atomic E-state index is 14.4. The number of nitrogens with zero attached hydrogens (tertiary/aromatic N) is 1. The Morgan fingerprint density at radius 1 is 0.939 bits per heavy atom. The Bertz CT molecular complexity index is 1810. The summed E-state index contributed by atoms with van der Waals surface area (Å²) >= 11 is 0. The number of anilines is 1.